The molecule has 0 bridgehead atoms. The highest BCUT2D eigenvalue weighted by atomic mass is 35.5. The molecule has 1 atom stereocenters. The fraction of sp³-hybridized carbons (Fsp3) is 0.263. The molecule has 28 heavy (non-hydrogen) atoms. The fourth-order valence-electron chi connectivity index (χ4n) is 3.06. The maximum absolute atomic E-state index is 13.8. The highest BCUT2D eigenvalue weighted by Crippen LogP contribution is 2.26. The molecule has 7 nitrogen and oxygen atoms in total. The van der Waals surface area contributed by atoms with Gasteiger partial charge in [-0.25, -0.2) is 14.2 Å². The molecule has 0 spiro atoms. The Morgan fingerprint density at radius 3 is 2.75 bits per heavy atom. The van der Waals surface area contributed by atoms with Gasteiger partial charge in [0.1, 0.15) is 11.6 Å². The van der Waals surface area contributed by atoms with Gasteiger partial charge < -0.3 is 10.4 Å². The van der Waals surface area contributed by atoms with Crippen LogP contribution in [0, 0.1) is 11.7 Å². The zero-order valence-corrected chi connectivity index (χ0v) is 15.9. The minimum atomic E-state index is -1.25. The molecule has 9 heteroatoms. The van der Waals surface area contributed by atoms with Crippen LogP contribution >= 0.6 is 11.6 Å². The highest BCUT2D eigenvalue weighted by Gasteiger charge is 2.24. The van der Waals surface area contributed by atoms with E-state index in [-0.39, 0.29) is 27.8 Å². The number of carbonyl (C=O) groups is 1. The Balaban J connectivity index is 2.38. The zero-order chi connectivity index (χ0) is 20.4. The van der Waals surface area contributed by atoms with Crippen molar-refractivity contribution < 1.29 is 14.3 Å². The Morgan fingerprint density at radius 2 is 2.11 bits per heavy atom. The Hall–Kier alpha value is -3.00. The summed E-state index contributed by atoms with van der Waals surface area (Å²) in [6.45, 7) is 3.83. The standard InChI is InChI=1S/C19H18ClFN4O3/c1-10(2)6-15(24-19(27)28)17-23-14-5-3-4-13(20)16(14)18(26)25(17)12-7-11(21)8-22-9-12/h3-5,7-10,15,24H,6H2,1-2H3,(H,27,28). The molecule has 1 aromatic carbocycles. The van der Waals surface area contributed by atoms with E-state index in [0.717, 1.165) is 16.8 Å². The van der Waals surface area contributed by atoms with Crippen molar-refractivity contribution in [1.82, 2.24) is 19.9 Å². The first-order valence-corrected chi connectivity index (χ1v) is 8.97. The number of benzene rings is 1. The molecule has 0 fully saturated rings. The van der Waals surface area contributed by atoms with Crippen LogP contribution in [0.3, 0.4) is 0 Å². The predicted octanol–water partition coefficient (Wildman–Crippen LogP) is 3.93. The van der Waals surface area contributed by atoms with E-state index in [2.05, 4.69) is 15.3 Å². The van der Waals surface area contributed by atoms with Crippen LogP contribution in [-0.4, -0.2) is 25.7 Å². The first-order valence-electron chi connectivity index (χ1n) is 8.59. The zero-order valence-electron chi connectivity index (χ0n) is 15.2. The number of nitrogens with zero attached hydrogens (tertiary/aromatic N) is 3. The summed E-state index contributed by atoms with van der Waals surface area (Å²) >= 11 is 6.20. The lowest BCUT2D eigenvalue weighted by molar-refractivity contribution is 0.187. The molecule has 0 aliphatic carbocycles. The van der Waals surface area contributed by atoms with Crippen LogP contribution in [0.2, 0.25) is 5.02 Å². The quantitative estimate of drug-likeness (QED) is 0.671. The Labute approximate surface area is 164 Å². The van der Waals surface area contributed by atoms with E-state index in [1.807, 2.05) is 13.8 Å². The van der Waals surface area contributed by atoms with Gasteiger partial charge in [-0.15, -0.1) is 0 Å². The molecule has 0 radical (unpaired) electrons. The van der Waals surface area contributed by atoms with Crippen molar-refractivity contribution in [2.45, 2.75) is 26.3 Å². The van der Waals surface area contributed by atoms with Crippen molar-refractivity contribution >= 4 is 28.6 Å². The minimum absolute atomic E-state index is 0.0999. The smallest absolute Gasteiger partial charge is 0.405 e. The van der Waals surface area contributed by atoms with Gasteiger partial charge in [0, 0.05) is 6.07 Å². The molecule has 1 amide bonds. The van der Waals surface area contributed by atoms with Crippen molar-refractivity contribution in [1.29, 1.82) is 0 Å². The predicted molar refractivity (Wildman–Crippen MR) is 103 cm³/mol. The summed E-state index contributed by atoms with van der Waals surface area (Å²) in [6.07, 6.45) is 1.45. The molecule has 2 heterocycles. The van der Waals surface area contributed by atoms with Gasteiger partial charge in [-0.3, -0.25) is 14.3 Å². The lowest BCUT2D eigenvalue weighted by Crippen LogP contribution is -2.34. The van der Waals surface area contributed by atoms with Gasteiger partial charge in [0.15, 0.2) is 0 Å². The number of fused-ring (bicyclic) bond motifs is 1. The molecule has 146 valence electrons. The highest BCUT2D eigenvalue weighted by molar-refractivity contribution is 6.35. The summed E-state index contributed by atoms with van der Waals surface area (Å²) in [5.41, 5.74) is -0.0664. The van der Waals surface area contributed by atoms with E-state index in [9.17, 15) is 19.1 Å². The van der Waals surface area contributed by atoms with Crippen LogP contribution in [0.5, 0.6) is 0 Å². The van der Waals surface area contributed by atoms with E-state index >= 15 is 0 Å². The molecular weight excluding hydrogens is 387 g/mol. The maximum Gasteiger partial charge on any atom is 0.405 e. The number of rotatable bonds is 5. The van der Waals surface area contributed by atoms with Gasteiger partial charge in [0.05, 0.1) is 40.0 Å². The van der Waals surface area contributed by atoms with Gasteiger partial charge in [0.25, 0.3) is 5.56 Å². The third-order valence-electron chi connectivity index (χ3n) is 4.14. The summed E-state index contributed by atoms with van der Waals surface area (Å²) in [7, 11) is 0. The fourth-order valence-corrected chi connectivity index (χ4v) is 3.31. The van der Waals surface area contributed by atoms with Crippen molar-refractivity contribution in [3.63, 3.8) is 0 Å². The summed E-state index contributed by atoms with van der Waals surface area (Å²) in [5.74, 6) is -0.396. The lowest BCUT2D eigenvalue weighted by atomic mass is 10.0. The maximum atomic E-state index is 13.8. The number of carboxylic acid groups (broad SMARTS) is 1. The van der Waals surface area contributed by atoms with E-state index in [1.54, 1.807) is 18.2 Å². The number of amides is 1. The topological polar surface area (TPSA) is 97.1 Å². The van der Waals surface area contributed by atoms with E-state index in [1.165, 1.54) is 6.20 Å². The number of pyridine rings is 1. The molecule has 0 saturated carbocycles. The third-order valence-corrected chi connectivity index (χ3v) is 4.45. The Bertz CT molecular complexity index is 1100. The van der Waals surface area contributed by atoms with Crippen LogP contribution in [0.1, 0.15) is 32.1 Å². The second kappa shape index (κ2) is 7.93. The molecule has 2 N–H and O–H groups in total. The SMILES string of the molecule is CC(C)CC(NC(=O)O)c1nc2cccc(Cl)c2c(=O)n1-c1cncc(F)c1. The minimum Gasteiger partial charge on any atom is -0.465 e. The van der Waals surface area contributed by atoms with E-state index in [0.29, 0.717) is 11.9 Å². The summed E-state index contributed by atoms with van der Waals surface area (Å²) < 4.78 is 15.0. The second-order valence-electron chi connectivity index (χ2n) is 6.74. The van der Waals surface area contributed by atoms with E-state index in [4.69, 9.17) is 11.6 Å². The second-order valence-corrected chi connectivity index (χ2v) is 7.14. The molecule has 0 aliphatic rings. The van der Waals surface area contributed by atoms with Crippen LogP contribution in [-0.2, 0) is 0 Å². The normalized spacial score (nSPS) is 12.3. The van der Waals surface area contributed by atoms with Gasteiger partial charge in [-0.2, -0.15) is 0 Å². The lowest BCUT2D eigenvalue weighted by Gasteiger charge is -2.23. The Morgan fingerprint density at radius 1 is 1.36 bits per heavy atom. The van der Waals surface area contributed by atoms with Crippen molar-refractivity contribution in [2.75, 3.05) is 0 Å². The molecule has 0 aliphatic heterocycles. The molecule has 0 saturated heterocycles. The van der Waals surface area contributed by atoms with Gasteiger partial charge >= 0.3 is 6.09 Å². The first-order chi connectivity index (χ1) is 13.3. The monoisotopic (exact) mass is 404 g/mol. The Kier molecular flexibility index (Phi) is 5.60. The largest absolute Gasteiger partial charge is 0.465 e. The molecular formula is C19H18ClFN4O3. The average molecular weight is 405 g/mol. The van der Waals surface area contributed by atoms with Crippen molar-refractivity contribution in [3.8, 4) is 5.69 Å². The van der Waals surface area contributed by atoms with Gasteiger partial charge in [-0.1, -0.05) is 31.5 Å². The number of hydrogen-bond acceptors (Lipinski definition) is 4. The number of halogens is 2. The van der Waals surface area contributed by atoms with Crippen LogP contribution in [0.15, 0.2) is 41.5 Å². The van der Waals surface area contributed by atoms with E-state index < -0.39 is 23.5 Å². The van der Waals surface area contributed by atoms with Gasteiger partial charge in [0.2, 0.25) is 0 Å². The number of nitrogens with one attached hydrogen (secondary N) is 1. The third kappa shape index (κ3) is 3.96. The molecule has 3 aromatic rings. The number of aromatic nitrogens is 3. The summed E-state index contributed by atoms with van der Waals surface area (Å²) in [6, 6.07) is 5.17. The van der Waals surface area contributed by atoms with Crippen LogP contribution in [0.4, 0.5) is 9.18 Å². The number of hydrogen-bond donors (Lipinski definition) is 2. The summed E-state index contributed by atoms with van der Waals surface area (Å²) in [4.78, 5) is 32.9. The molecule has 1 unspecified atom stereocenters. The van der Waals surface area contributed by atoms with Crippen LogP contribution < -0.4 is 10.9 Å². The molecule has 2 aromatic heterocycles. The molecule has 3 rings (SSSR count). The first kappa shape index (κ1) is 19.8. The van der Waals surface area contributed by atoms with Gasteiger partial charge in [-0.05, 0) is 24.5 Å². The van der Waals surface area contributed by atoms with Crippen molar-refractivity contribution in [2.24, 2.45) is 5.92 Å². The van der Waals surface area contributed by atoms with Crippen molar-refractivity contribution in [3.05, 3.63) is 63.7 Å². The summed E-state index contributed by atoms with van der Waals surface area (Å²) in [5, 5.41) is 12.0. The van der Waals surface area contributed by atoms with Crippen LogP contribution in [0.25, 0.3) is 16.6 Å². The average Bonchev–Trinajstić information content (AvgIpc) is 2.60.